The van der Waals surface area contributed by atoms with Crippen molar-refractivity contribution in [3.05, 3.63) is 65.0 Å². The number of hydrogen-bond donors (Lipinski definition) is 0. The molecule has 1 amide bonds. The highest BCUT2D eigenvalue weighted by Crippen LogP contribution is 2.26. The largest absolute Gasteiger partial charge is 0.493 e. The van der Waals surface area contributed by atoms with Crippen molar-refractivity contribution in [3.63, 3.8) is 0 Å². The van der Waals surface area contributed by atoms with E-state index in [1.807, 2.05) is 47.4 Å². The second-order valence-corrected chi connectivity index (χ2v) is 8.03. The zero-order valence-electron chi connectivity index (χ0n) is 17.0. The van der Waals surface area contributed by atoms with Gasteiger partial charge < -0.3 is 14.4 Å². The summed E-state index contributed by atoms with van der Waals surface area (Å²) in [4.78, 5) is 21.5. The molecule has 0 atom stereocenters. The van der Waals surface area contributed by atoms with E-state index in [4.69, 9.17) is 14.5 Å². The van der Waals surface area contributed by atoms with Crippen LogP contribution < -0.4 is 9.47 Å². The second-order valence-electron chi connectivity index (χ2n) is 7.09. The van der Waals surface area contributed by atoms with Crippen LogP contribution in [0, 0.1) is 0 Å². The summed E-state index contributed by atoms with van der Waals surface area (Å²) in [5.41, 5.74) is 2.17. The Morgan fingerprint density at radius 1 is 1.00 bits per heavy atom. The summed E-state index contributed by atoms with van der Waals surface area (Å²) in [6.07, 6.45) is 0. The summed E-state index contributed by atoms with van der Waals surface area (Å²) < 4.78 is 10.9. The van der Waals surface area contributed by atoms with E-state index in [-0.39, 0.29) is 12.5 Å². The third-order valence-electron chi connectivity index (χ3n) is 5.13. The van der Waals surface area contributed by atoms with Gasteiger partial charge in [-0.15, -0.1) is 11.3 Å². The minimum atomic E-state index is 0.00108. The highest BCUT2D eigenvalue weighted by Gasteiger charge is 2.22. The Kier molecular flexibility index (Phi) is 6.61. The van der Waals surface area contributed by atoms with Gasteiger partial charge in [-0.2, -0.15) is 0 Å². The quantitative estimate of drug-likeness (QED) is 0.582. The van der Waals surface area contributed by atoms with Gasteiger partial charge in [0.15, 0.2) is 18.1 Å². The number of nitrogens with zero attached hydrogens (tertiary/aromatic N) is 3. The molecule has 0 unspecified atom stereocenters. The number of thiazole rings is 1. The predicted molar refractivity (Wildman–Crippen MR) is 118 cm³/mol. The van der Waals surface area contributed by atoms with Gasteiger partial charge in [0.05, 0.1) is 19.3 Å². The molecule has 7 heteroatoms. The van der Waals surface area contributed by atoms with Gasteiger partial charge in [0.2, 0.25) is 0 Å². The summed E-state index contributed by atoms with van der Waals surface area (Å²) in [6.45, 7) is 3.90. The lowest BCUT2D eigenvalue weighted by Crippen LogP contribution is -2.49. The summed E-state index contributed by atoms with van der Waals surface area (Å²) >= 11 is 1.69. The van der Waals surface area contributed by atoms with Crippen molar-refractivity contribution in [3.8, 4) is 22.8 Å². The lowest BCUT2D eigenvalue weighted by atomic mass is 10.2. The number of aromatic nitrogens is 1. The number of rotatable bonds is 7. The summed E-state index contributed by atoms with van der Waals surface area (Å²) in [5.74, 6) is 1.22. The number of carbonyl (C=O) groups is 1. The van der Waals surface area contributed by atoms with Crippen LogP contribution in [0.4, 0.5) is 0 Å². The number of benzene rings is 2. The lowest BCUT2D eigenvalue weighted by molar-refractivity contribution is -0.135. The molecule has 156 valence electrons. The van der Waals surface area contributed by atoms with Gasteiger partial charge >= 0.3 is 0 Å². The average Bonchev–Trinajstić information content (AvgIpc) is 3.27. The molecule has 0 radical (unpaired) electrons. The van der Waals surface area contributed by atoms with Crippen LogP contribution in [0.5, 0.6) is 11.5 Å². The van der Waals surface area contributed by atoms with Crippen LogP contribution >= 0.6 is 11.3 Å². The number of para-hydroxylation sites is 2. The van der Waals surface area contributed by atoms with Crippen LogP contribution in [0.3, 0.4) is 0 Å². The second kappa shape index (κ2) is 9.73. The molecule has 1 aromatic heterocycles. The molecule has 6 nitrogen and oxygen atoms in total. The highest BCUT2D eigenvalue weighted by molar-refractivity contribution is 7.09. The van der Waals surface area contributed by atoms with Crippen LogP contribution in [0.25, 0.3) is 11.3 Å². The topological polar surface area (TPSA) is 54.9 Å². The fourth-order valence-electron chi connectivity index (χ4n) is 3.44. The van der Waals surface area contributed by atoms with Crippen LogP contribution in [-0.4, -0.2) is 60.6 Å². The number of piperazine rings is 1. The van der Waals surface area contributed by atoms with Crippen molar-refractivity contribution in [2.75, 3.05) is 39.9 Å². The number of ether oxygens (including phenoxy) is 2. The van der Waals surface area contributed by atoms with Gasteiger partial charge in [0.1, 0.15) is 5.01 Å². The third-order valence-corrected chi connectivity index (χ3v) is 5.96. The van der Waals surface area contributed by atoms with Gasteiger partial charge in [-0.05, 0) is 12.1 Å². The number of carbonyl (C=O) groups excluding carboxylic acids is 1. The van der Waals surface area contributed by atoms with Crippen LogP contribution in [-0.2, 0) is 11.3 Å². The van der Waals surface area contributed by atoms with Gasteiger partial charge in [-0.25, -0.2) is 4.98 Å². The van der Waals surface area contributed by atoms with E-state index in [1.165, 1.54) is 0 Å². The van der Waals surface area contributed by atoms with Gasteiger partial charge in [0, 0.05) is 37.1 Å². The summed E-state index contributed by atoms with van der Waals surface area (Å²) in [5, 5.41) is 3.22. The predicted octanol–water partition coefficient (Wildman–Crippen LogP) is 3.54. The van der Waals surface area contributed by atoms with E-state index in [2.05, 4.69) is 22.4 Å². The molecule has 3 aromatic rings. The molecule has 0 spiro atoms. The van der Waals surface area contributed by atoms with E-state index in [1.54, 1.807) is 18.4 Å². The van der Waals surface area contributed by atoms with E-state index in [0.717, 1.165) is 35.9 Å². The summed E-state index contributed by atoms with van der Waals surface area (Å²) in [7, 11) is 1.59. The van der Waals surface area contributed by atoms with Gasteiger partial charge in [-0.3, -0.25) is 9.69 Å². The normalized spacial score (nSPS) is 14.5. The van der Waals surface area contributed by atoms with Crippen LogP contribution in [0.2, 0.25) is 0 Å². The standard InChI is InChI=1S/C23H25N3O3S/c1-28-20-9-5-6-10-21(20)29-16-23(27)26-13-11-25(12-14-26)15-22-24-19(17-30-22)18-7-3-2-4-8-18/h2-10,17H,11-16H2,1H3. The smallest absolute Gasteiger partial charge is 0.260 e. The molecule has 4 rings (SSSR count). The number of amides is 1. The molecular weight excluding hydrogens is 398 g/mol. The first-order valence-electron chi connectivity index (χ1n) is 9.98. The first kappa shape index (κ1) is 20.4. The van der Waals surface area contributed by atoms with E-state index >= 15 is 0 Å². The Morgan fingerprint density at radius 2 is 1.70 bits per heavy atom. The molecule has 0 N–H and O–H groups in total. The molecule has 30 heavy (non-hydrogen) atoms. The molecule has 1 saturated heterocycles. The first-order valence-corrected chi connectivity index (χ1v) is 10.9. The Morgan fingerprint density at radius 3 is 2.43 bits per heavy atom. The molecule has 2 aromatic carbocycles. The molecule has 0 bridgehead atoms. The Hall–Kier alpha value is -2.90. The Bertz CT molecular complexity index is 969. The van der Waals surface area contributed by atoms with Crippen molar-refractivity contribution in [1.29, 1.82) is 0 Å². The van der Waals surface area contributed by atoms with Crippen molar-refractivity contribution in [2.45, 2.75) is 6.54 Å². The molecule has 1 aliphatic rings. The van der Waals surface area contributed by atoms with Crippen molar-refractivity contribution < 1.29 is 14.3 Å². The minimum absolute atomic E-state index is 0.00108. The monoisotopic (exact) mass is 423 g/mol. The zero-order valence-corrected chi connectivity index (χ0v) is 17.8. The van der Waals surface area contributed by atoms with Gasteiger partial charge in [-0.1, -0.05) is 42.5 Å². The third kappa shape index (κ3) is 4.98. The lowest BCUT2D eigenvalue weighted by Gasteiger charge is -2.34. The maximum absolute atomic E-state index is 12.5. The number of hydrogen-bond acceptors (Lipinski definition) is 6. The first-order chi connectivity index (χ1) is 14.7. The van der Waals surface area contributed by atoms with E-state index < -0.39 is 0 Å². The molecule has 1 aliphatic heterocycles. The molecule has 0 saturated carbocycles. The average molecular weight is 424 g/mol. The van der Waals surface area contributed by atoms with E-state index in [9.17, 15) is 4.79 Å². The molecule has 1 fully saturated rings. The van der Waals surface area contributed by atoms with Crippen LogP contribution in [0.15, 0.2) is 60.0 Å². The fraction of sp³-hybridized carbons (Fsp3) is 0.304. The SMILES string of the molecule is COc1ccccc1OCC(=O)N1CCN(Cc2nc(-c3ccccc3)cs2)CC1. The fourth-order valence-corrected chi connectivity index (χ4v) is 4.29. The molecular formula is C23H25N3O3S. The Balaban J connectivity index is 1.25. The maximum Gasteiger partial charge on any atom is 0.260 e. The molecule has 0 aliphatic carbocycles. The summed E-state index contributed by atoms with van der Waals surface area (Å²) in [6, 6.07) is 17.6. The number of methoxy groups -OCH3 is 1. The Labute approximate surface area is 180 Å². The highest BCUT2D eigenvalue weighted by atomic mass is 32.1. The van der Waals surface area contributed by atoms with E-state index in [0.29, 0.717) is 24.6 Å². The molecule has 2 heterocycles. The van der Waals surface area contributed by atoms with Crippen molar-refractivity contribution in [2.24, 2.45) is 0 Å². The van der Waals surface area contributed by atoms with Gasteiger partial charge in [0.25, 0.3) is 5.91 Å². The van der Waals surface area contributed by atoms with Crippen LogP contribution in [0.1, 0.15) is 5.01 Å². The van der Waals surface area contributed by atoms with Crippen molar-refractivity contribution >= 4 is 17.2 Å². The zero-order chi connectivity index (χ0) is 20.8. The van der Waals surface area contributed by atoms with Crippen molar-refractivity contribution in [1.82, 2.24) is 14.8 Å². The minimum Gasteiger partial charge on any atom is -0.493 e. The maximum atomic E-state index is 12.5.